The van der Waals surface area contributed by atoms with E-state index in [1.807, 2.05) is 12.1 Å². The Morgan fingerprint density at radius 2 is 2.00 bits per heavy atom. The molecule has 0 bridgehead atoms. The molecule has 0 aromatic heterocycles. The predicted octanol–water partition coefficient (Wildman–Crippen LogP) is 3.46. The molecule has 1 heterocycles. The summed E-state index contributed by atoms with van der Waals surface area (Å²) in [5.41, 5.74) is 11.2. The molecule has 0 unspecified atom stereocenters. The average molecular weight is 300 g/mol. The van der Waals surface area contributed by atoms with Crippen LogP contribution in [0.15, 0.2) is 30.3 Å². The zero-order valence-corrected chi connectivity index (χ0v) is 13.0. The number of anilines is 1. The molecular weight excluding hydrogens is 279 g/mol. The summed E-state index contributed by atoms with van der Waals surface area (Å²) < 4.78 is 19.1. The predicted molar refractivity (Wildman–Crippen MR) is 87.5 cm³/mol. The number of hydrogen-bond donors (Lipinski definition) is 1. The van der Waals surface area contributed by atoms with Gasteiger partial charge in [0, 0.05) is 24.3 Å². The quantitative estimate of drug-likeness (QED) is 0.882. The number of benzene rings is 2. The zero-order chi connectivity index (χ0) is 15.7. The van der Waals surface area contributed by atoms with E-state index < -0.39 is 0 Å². The average Bonchev–Trinajstić information content (AvgIpc) is 2.55. The van der Waals surface area contributed by atoms with Crippen LogP contribution in [0.2, 0.25) is 0 Å². The fourth-order valence-electron chi connectivity index (χ4n) is 3.17. The maximum Gasteiger partial charge on any atom is 0.126 e. The van der Waals surface area contributed by atoms with E-state index in [2.05, 4.69) is 11.8 Å². The second kappa shape index (κ2) is 5.97. The number of rotatable bonds is 3. The summed E-state index contributed by atoms with van der Waals surface area (Å²) in [6.45, 7) is 5.01. The van der Waals surface area contributed by atoms with Crippen molar-refractivity contribution in [2.75, 3.05) is 25.9 Å². The van der Waals surface area contributed by atoms with E-state index in [-0.39, 0.29) is 5.82 Å². The van der Waals surface area contributed by atoms with Crippen LogP contribution in [0.3, 0.4) is 0 Å². The molecule has 0 atom stereocenters. The van der Waals surface area contributed by atoms with Crippen molar-refractivity contribution in [3.8, 4) is 16.9 Å². The third kappa shape index (κ3) is 2.55. The van der Waals surface area contributed by atoms with E-state index in [9.17, 15) is 4.39 Å². The Bertz CT molecular complexity index is 700. The summed E-state index contributed by atoms with van der Waals surface area (Å²) in [6, 6.07) is 8.53. The molecule has 1 aliphatic heterocycles. The number of ether oxygens (including phenoxy) is 1. The molecule has 0 spiro atoms. The molecule has 22 heavy (non-hydrogen) atoms. The van der Waals surface area contributed by atoms with Gasteiger partial charge < -0.3 is 10.5 Å². The van der Waals surface area contributed by atoms with Crippen molar-refractivity contribution in [1.82, 2.24) is 4.90 Å². The molecule has 0 saturated carbocycles. The smallest absolute Gasteiger partial charge is 0.126 e. The fourth-order valence-corrected chi connectivity index (χ4v) is 3.17. The second-order valence-corrected chi connectivity index (χ2v) is 5.62. The van der Waals surface area contributed by atoms with Gasteiger partial charge in [0.15, 0.2) is 0 Å². The largest absolute Gasteiger partial charge is 0.496 e. The monoisotopic (exact) mass is 300 g/mol. The zero-order valence-electron chi connectivity index (χ0n) is 13.0. The molecule has 0 saturated heterocycles. The Kier molecular flexibility index (Phi) is 4.03. The highest BCUT2D eigenvalue weighted by Crippen LogP contribution is 2.38. The van der Waals surface area contributed by atoms with Gasteiger partial charge in [0.1, 0.15) is 11.6 Å². The van der Waals surface area contributed by atoms with Gasteiger partial charge in [0.25, 0.3) is 0 Å². The standard InChI is InChI=1S/C18H21FN2O/c1-3-21-9-8-14-13(5-6-17(20)16(14)11-21)15-10-12(19)4-7-18(15)22-2/h4-7,10H,3,8-9,11,20H2,1-2H3. The van der Waals surface area contributed by atoms with Gasteiger partial charge in [0.2, 0.25) is 0 Å². The van der Waals surface area contributed by atoms with Crippen LogP contribution in [-0.4, -0.2) is 25.1 Å². The highest BCUT2D eigenvalue weighted by atomic mass is 19.1. The van der Waals surface area contributed by atoms with Crippen LogP contribution in [0.25, 0.3) is 11.1 Å². The van der Waals surface area contributed by atoms with E-state index in [0.717, 1.165) is 48.4 Å². The molecule has 0 radical (unpaired) electrons. The Morgan fingerprint density at radius 3 is 2.73 bits per heavy atom. The Labute approximate surface area is 130 Å². The lowest BCUT2D eigenvalue weighted by atomic mass is 9.89. The van der Waals surface area contributed by atoms with Crippen molar-refractivity contribution in [3.63, 3.8) is 0 Å². The van der Waals surface area contributed by atoms with Gasteiger partial charge in [-0.3, -0.25) is 4.90 Å². The minimum Gasteiger partial charge on any atom is -0.496 e. The van der Waals surface area contributed by atoms with Crippen LogP contribution in [0.1, 0.15) is 18.1 Å². The van der Waals surface area contributed by atoms with Crippen LogP contribution >= 0.6 is 0 Å². The number of halogens is 1. The third-order valence-corrected chi connectivity index (χ3v) is 4.43. The summed E-state index contributed by atoms with van der Waals surface area (Å²) in [5, 5.41) is 0. The summed E-state index contributed by atoms with van der Waals surface area (Å²) in [4.78, 5) is 2.37. The van der Waals surface area contributed by atoms with Crippen molar-refractivity contribution in [2.24, 2.45) is 0 Å². The van der Waals surface area contributed by atoms with Gasteiger partial charge in [-0.1, -0.05) is 13.0 Å². The number of nitrogens with zero attached hydrogens (tertiary/aromatic N) is 1. The Balaban J connectivity index is 2.16. The van der Waals surface area contributed by atoms with Gasteiger partial charge >= 0.3 is 0 Å². The number of hydrogen-bond acceptors (Lipinski definition) is 3. The minimum atomic E-state index is -0.257. The van der Waals surface area contributed by atoms with Gasteiger partial charge in [-0.05, 0) is 53.9 Å². The van der Waals surface area contributed by atoms with E-state index in [4.69, 9.17) is 10.5 Å². The van der Waals surface area contributed by atoms with E-state index in [0.29, 0.717) is 5.75 Å². The minimum absolute atomic E-state index is 0.257. The normalized spacial score (nSPS) is 14.7. The Hall–Kier alpha value is -2.07. The molecule has 0 amide bonds. The first-order chi connectivity index (χ1) is 10.6. The highest BCUT2D eigenvalue weighted by molar-refractivity contribution is 5.77. The molecule has 2 aromatic carbocycles. The summed E-state index contributed by atoms with van der Waals surface area (Å²) in [6.07, 6.45) is 0.920. The molecule has 0 fully saturated rings. The van der Waals surface area contributed by atoms with Crippen molar-refractivity contribution >= 4 is 5.69 Å². The molecule has 4 heteroatoms. The fraction of sp³-hybridized carbons (Fsp3) is 0.333. The van der Waals surface area contributed by atoms with Crippen molar-refractivity contribution < 1.29 is 9.13 Å². The third-order valence-electron chi connectivity index (χ3n) is 4.43. The first-order valence-corrected chi connectivity index (χ1v) is 7.60. The molecule has 1 aliphatic rings. The van der Waals surface area contributed by atoms with E-state index >= 15 is 0 Å². The topological polar surface area (TPSA) is 38.5 Å². The summed E-state index contributed by atoms with van der Waals surface area (Å²) >= 11 is 0. The first-order valence-electron chi connectivity index (χ1n) is 7.60. The van der Waals surface area contributed by atoms with Crippen molar-refractivity contribution in [3.05, 3.63) is 47.3 Å². The molecular formula is C18H21FN2O. The van der Waals surface area contributed by atoms with Gasteiger partial charge in [-0.2, -0.15) is 0 Å². The highest BCUT2D eigenvalue weighted by Gasteiger charge is 2.22. The number of nitrogens with two attached hydrogens (primary N) is 1. The molecule has 2 aromatic rings. The maximum atomic E-state index is 13.7. The number of fused-ring (bicyclic) bond motifs is 1. The van der Waals surface area contributed by atoms with Crippen molar-refractivity contribution in [2.45, 2.75) is 19.9 Å². The second-order valence-electron chi connectivity index (χ2n) is 5.62. The molecule has 116 valence electrons. The maximum absolute atomic E-state index is 13.7. The lowest BCUT2D eigenvalue weighted by molar-refractivity contribution is 0.269. The van der Waals surface area contributed by atoms with Crippen LogP contribution in [0.5, 0.6) is 5.75 Å². The molecule has 2 N–H and O–H groups in total. The van der Waals surface area contributed by atoms with E-state index in [1.54, 1.807) is 13.2 Å². The number of nitrogen functional groups attached to an aromatic ring is 1. The van der Waals surface area contributed by atoms with Gasteiger partial charge in [-0.15, -0.1) is 0 Å². The Morgan fingerprint density at radius 1 is 1.18 bits per heavy atom. The first kappa shape index (κ1) is 14.9. The van der Waals surface area contributed by atoms with E-state index in [1.165, 1.54) is 17.7 Å². The number of methoxy groups -OCH3 is 1. The number of likely N-dealkylation sites (N-methyl/N-ethyl adjacent to an activating group) is 1. The van der Waals surface area contributed by atoms with Crippen LogP contribution in [0.4, 0.5) is 10.1 Å². The van der Waals surface area contributed by atoms with Crippen LogP contribution in [-0.2, 0) is 13.0 Å². The van der Waals surface area contributed by atoms with Crippen molar-refractivity contribution in [1.29, 1.82) is 0 Å². The van der Waals surface area contributed by atoms with Gasteiger partial charge in [-0.25, -0.2) is 4.39 Å². The summed E-state index contributed by atoms with van der Waals surface area (Å²) in [7, 11) is 1.61. The summed E-state index contributed by atoms with van der Waals surface area (Å²) in [5.74, 6) is 0.429. The molecule has 0 aliphatic carbocycles. The molecule has 3 rings (SSSR count). The van der Waals surface area contributed by atoms with Crippen LogP contribution in [0, 0.1) is 5.82 Å². The lowest BCUT2D eigenvalue weighted by Gasteiger charge is -2.30. The van der Waals surface area contributed by atoms with Gasteiger partial charge in [0.05, 0.1) is 7.11 Å². The SMILES string of the molecule is CCN1CCc2c(-c3cc(F)ccc3OC)ccc(N)c2C1. The van der Waals surface area contributed by atoms with Crippen LogP contribution < -0.4 is 10.5 Å². The molecule has 3 nitrogen and oxygen atoms in total. The lowest BCUT2D eigenvalue weighted by Crippen LogP contribution is -2.31.